The van der Waals surface area contributed by atoms with Gasteiger partial charge in [0.15, 0.2) is 0 Å². The Hall–Kier alpha value is -8.82. The highest BCUT2D eigenvalue weighted by Gasteiger charge is 2.60. The van der Waals surface area contributed by atoms with Crippen molar-refractivity contribution in [2.24, 2.45) is 0 Å². The Bertz CT molecular complexity index is 3750. The van der Waals surface area contributed by atoms with Gasteiger partial charge in [0.05, 0.1) is 33.3 Å². The van der Waals surface area contributed by atoms with Crippen LogP contribution in [0.3, 0.4) is 0 Å². The molecule has 4 heterocycles. The summed E-state index contributed by atoms with van der Waals surface area (Å²) in [6.07, 6.45) is 1.49. The van der Waals surface area contributed by atoms with Crippen LogP contribution in [0.25, 0.3) is 16.5 Å². The van der Waals surface area contributed by atoms with Crippen molar-refractivity contribution in [2.75, 3.05) is 4.90 Å². The lowest BCUT2D eigenvalue weighted by atomic mass is 9.52. The van der Waals surface area contributed by atoms with Gasteiger partial charge in [0.25, 0.3) is 0 Å². The van der Waals surface area contributed by atoms with Crippen molar-refractivity contribution in [1.82, 2.24) is 0 Å². The number of carboxylic acid groups (broad SMARTS) is 1. The molecule has 0 amide bonds. The maximum absolute atomic E-state index is 12.2. The molecule has 366 valence electrons. The standard InChI is InChI=1S/C71H54N2O2S/c1-43-13-25-51(26-14-43)69(52-27-15-44(2)16-28-52)58-9-7-11-60-65(58)73-66-59(69)10-8-12-61(66)71(55-33-21-47(5)22-34-55,56-35-23-48(6)24-36-56)63-41-49(64-38-37-57(76-64)39-50(42-72)68(74)75)40-62(67(63)73)70(60,53-29-17-45(3)18-30-53)54-31-19-46(4)20-32-54/h7-41H,1-6H3,(H,74,75)/b50-39-. The molecule has 0 bridgehead atoms. The summed E-state index contributed by atoms with van der Waals surface area (Å²) in [5.74, 6) is -1.25. The zero-order valence-corrected chi connectivity index (χ0v) is 44.2. The third kappa shape index (κ3) is 6.57. The first-order valence-corrected chi connectivity index (χ1v) is 26.9. The van der Waals surface area contributed by atoms with Crippen LogP contribution < -0.4 is 4.90 Å². The first-order valence-electron chi connectivity index (χ1n) is 26.0. The Labute approximate surface area is 449 Å². The molecule has 1 aromatic heterocycles. The van der Waals surface area contributed by atoms with E-state index >= 15 is 0 Å². The summed E-state index contributed by atoms with van der Waals surface area (Å²) >= 11 is 1.50. The van der Waals surface area contributed by atoms with Gasteiger partial charge < -0.3 is 10.0 Å². The van der Waals surface area contributed by atoms with Crippen molar-refractivity contribution < 1.29 is 9.90 Å². The molecule has 13 rings (SSSR count). The number of carboxylic acids is 1. The molecule has 0 aliphatic carbocycles. The number of anilines is 3. The maximum atomic E-state index is 12.2. The first kappa shape index (κ1) is 46.9. The molecule has 4 nitrogen and oxygen atoms in total. The molecule has 1 N–H and O–H groups in total. The smallest absolute Gasteiger partial charge is 0.346 e. The predicted octanol–water partition coefficient (Wildman–Crippen LogP) is 16.8. The highest BCUT2D eigenvalue weighted by atomic mass is 32.1. The molecule has 0 unspecified atom stereocenters. The highest BCUT2D eigenvalue weighted by Crippen LogP contribution is 2.72. The zero-order valence-electron chi connectivity index (χ0n) is 43.4. The van der Waals surface area contributed by atoms with Crippen LogP contribution in [0.2, 0.25) is 0 Å². The van der Waals surface area contributed by atoms with Crippen LogP contribution in [-0.2, 0) is 21.0 Å². The minimum atomic E-state index is -1.25. The van der Waals surface area contributed by atoms with E-state index in [4.69, 9.17) is 0 Å². The van der Waals surface area contributed by atoms with Crippen molar-refractivity contribution in [2.45, 2.75) is 57.8 Å². The molecule has 0 atom stereocenters. The fourth-order valence-corrected chi connectivity index (χ4v) is 14.1. The molecular weight excluding hydrogens is 945 g/mol. The maximum Gasteiger partial charge on any atom is 0.346 e. The monoisotopic (exact) mass is 998 g/mol. The van der Waals surface area contributed by atoms with Gasteiger partial charge in [-0.15, -0.1) is 11.3 Å². The Morgan fingerprint density at radius 1 is 0.434 bits per heavy atom. The van der Waals surface area contributed by atoms with Gasteiger partial charge in [-0.3, -0.25) is 0 Å². The second-order valence-corrected chi connectivity index (χ2v) is 22.4. The van der Waals surface area contributed by atoms with Gasteiger partial charge >= 0.3 is 5.97 Å². The second kappa shape index (κ2) is 17.4. The van der Waals surface area contributed by atoms with Gasteiger partial charge in [-0.2, -0.15) is 5.26 Å². The molecular formula is C71H54N2O2S. The van der Waals surface area contributed by atoms with E-state index < -0.39 is 22.2 Å². The second-order valence-electron chi connectivity index (χ2n) is 21.3. The number of rotatable bonds is 9. The average molecular weight is 999 g/mol. The van der Waals surface area contributed by atoms with Crippen LogP contribution in [0.5, 0.6) is 0 Å². The van der Waals surface area contributed by atoms with E-state index in [1.165, 1.54) is 95.5 Å². The van der Waals surface area contributed by atoms with Gasteiger partial charge in [0.1, 0.15) is 11.6 Å². The van der Waals surface area contributed by atoms with E-state index in [9.17, 15) is 15.2 Å². The van der Waals surface area contributed by atoms with Gasteiger partial charge in [0.2, 0.25) is 0 Å². The summed E-state index contributed by atoms with van der Waals surface area (Å²) in [6, 6.07) is 80.4. The Morgan fingerprint density at radius 3 is 1.01 bits per heavy atom. The van der Waals surface area contributed by atoms with Gasteiger partial charge in [0, 0.05) is 9.75 Å². The number of carbonyl (C=O) groups is 1. The van der Waals surface area contributed by atoms with E-state index in [2.05, 4.69) is 247 Å². The summed E-state index contributed by atoms with van der Waals surface area (Å²) in [4.78, 5) is 16.5. The number of hydrogen-bond acceptors (Lipinski definition) is 4. The summed E-state index contributed by atoms with van der Waals surface area (Å²) in [5.41, 5.74) is 22.9. The molecule has 0 radical (unpaired) electrons. The Morgan fingerprint density at radius 2 is 0.724 bits per heavy atom. The molecule has 3 aliphatic rings. The lowest BCUT2D eigenvalue weighted by Crippen LogP contribution is -2.49. The van der Waals surface area contributed by atoms with Crippen LogP contribution in [0.4, 0.5) is 17.1 Å². The van der Waals surface area contributed by atoms with Crippen molar-refractivity contribution >= 4 is 40.4 Å². The summed E-state index contributed by atoms with van der Waals surface area (Å²) < 4.78 is 0. The predicted molar refractivity (Wildman–Crippen MR) is 310 cm³/mol. The molecule has 3 aliphatic heterocycles. The van der Waals surface area contributed by atoms with Crippen LogP contribution in [0.15, 0.2) is 212 Å². The average Bonchev–Trinajstić information content (AvgIpc) is 2.78. The SMILES string of the molecule is Cc1ccc(C2(c3ccc(C)cc3)c3cccc4c3N3c5c2cccc5C(c2ccc(C)cc2)(c2ccc(C)cc2)c2cc(-c5ccc(/C=C(/C#N)C(=O)O)s5)cc(c23)C4(c2ccc(C)cc2)c2ccc(C)cc2)cc1. The Balaban J connectivity index is 1.31. The van der Waals surface area contributed by atoms with Crippen LogP contribution in [-0.4, -0.2) is 11.1 Å². The van der Waals surface area contributed by atoms with Crippen molar-refractivity contribution in [3.63, 3.8) is 0 Å². The quantitative estimate of drug-likeness (QED) is 0.116. The number of hydrogen-bond donors (Lipinski definition) is 1. The first-order chi connectivity index (χ1) is 36.9. The summed E-state index contributed by atoms with van der Waals surface area (Å²) in [6.45, 7) is 13.0. The topological polar surface area (TPSA) is 64.3 Å². The lowest BCUT2D eigenvalue weighted by Gasteiger charge is -2.58. The fourth-order valence-electron chi connectivity index (χ4n) is 13.2. The van der Waals surface area contributed by atoms with E-state index in [0.717, 1.165) is 49.5 Å². The van der Waals surface area contributed by atoms with Crippen molar-refractivity contribution in [1.29, 1.82) is 5.26 Å². The van der Waals surface area contributed by atoms with Gasteiger partial charge in [-0.05, 0) is 144 Å². The highest BCUT2D eigenvalue weighted by molar-refractivity contribution is 7.16. The molecule has 0 saturated heterocycles. The third-order valence-electron chi connectivity index (χ3n) is 16.7. The molecule has 76 heavy (non-hydrogen) atoms. The van der Waals surface area contributed by atoms with E-state index in [1.807, 2.05) is 12.1 Å². The number of nitriles is 1. The summed E-state index contributed by atoms with van der Waals surface area (Å²) in [7, 11) is 0. The number of benzene rings is 9. The van der Waals surface area contributed by atoms with Crippen molar-refractivity contribution in [3.05, 3.63) is 317 Å². The molecule has 10 aromatic rings. The van der Waals surface area contributed by atoms with Crippen LogP contribution >= 0.6 is 11.3 Å². The van der Waals surface area contributed by atoms with Crippen LogP contribution in [0, 0.1) is 52.9 Å². The zero-order chi connectivity index (χ0) is 52.3. The third-order valence-corrected chi connectivity index (χ3v) is 17.8. The Kier molecular flexibility index (Phi) is 10.7. The van der Waals surface area contributed by atoms with Gasteiger partial charge in [-0.1, -0.05) is 215 Å². The molecule has 0 saturated carbocycles. The number of nitrogens with zero attached hydrogens (tertiary/aromatic N) is 2. The number of aryl methyl sites for hydroxylation is 6. The fraction of sp³-hybridized carbons (Fsp3) is 0.127. The van der Waals surface area contributed by atoms with E-state index in [1.54, 1.807) is 0 Å². The minimum absolute atomic E-state index is 0.304. The van der Waals surface area contributed by atoms with Crippen LogP contribution in [0.1, 0.15) is 105 Å². The molecule has 9 aromatic carbocycles. The lowest BCUT2D eigenvalue weighted by molar-refractivity contribution is -0.132. The molecule has 5 heteroatoms. The normalized spacial score (nSPS) is 14.9. The number of thiophene rings is 1. The van der Waals surface area contributed by atoms with E-state index in [-0.39, 0.29) is 5.57 Å². The largest absolute Gasteiger partial charge is 0.477 e. The molecule has 0 spiro atoms. The van der Waals surface area contributed by atoms with Crippen molar-refractivity contribution in [3.8, 4) is 16.5 Å². The number of aliphatic carboxylic acids is 1. The van der Waals surface area contributed by atoms with Gasteiger partial charge in [-0.25, -0.2) is 4.79 Å². The minimum Gasteiger partial charge on any atom is -0.477 e. The number of para-hydroxylation sites is 2. The summed E-state index contributed by atoms with van der Waals surface area (Å²) in [5, 5.41) is 19.9. The molecule has 0 fully saturated rings. The van der Waals surface area contributed by atoms with E-state index in [0.29, 0.717) is 4.88 Å².